The first-order valence-corrected chi connectivity index (χ1v) is 18.2. The summed E-state index contributed by atoms with van der Waals surface area (Å²) in [6.07, 6.45) is -3.59. The number of anilines is 1. The van der Waals surface area contributed by atoms with E-state index in [9.17, 15) is 46.1 Å². The van der Waals surface area contributed by atoms with Gasteiger partial charge in [0.1, 0.15) is 16.9 Å². The molecular formula is C38H40F7N5O5. The van der Waals surface area contributed by atoms with Gasteiger partial charge in [0, 0.05) is 42.8 Å². The molecule has 2 aromatic heterocycles. The zero-order valence-corrected chi connectivity index (χ0v) is 29.7. The van der Waals surface area contributed by atoms with E-state index in [2.05, 4.69) is 15.6 Å². The smallest absolute Gasteiger partial charge is 0.433 e. The summed E-state index contributed by atoms with van der Waals surface area (Å²) in [6, 6.07) is 4.77. The highest BCUT2D eigenvalue weighted by Gasteiger charge is 2.40. The molecule has 17 heteroatoms. The fourth-order valence-corrected chi connectivity index (χ4v) is 8.21. The van der Waals surface area contributed by atoms with Crippen molar-refractivity contribution < 1.29 is 50.5 Å². The summed E-state index contributed by atoms with van der Waals surface area (Å²) >= 11 is 0. The highest BCUT2D eigenvalue weighted by Crippen LogP contribution is 2.45. The Bertz CT molecular complexity index is 2150. The molecule has 4 N–H and O–H groups in total. The van der Waals surface area contributed by atoms with Crippen LogP contribution >= 0.6 is 0 Å². The van der Waals surface area contributed by atoms with Crippen molar-refractivity contribution >= 4 is 33.5 Å². The number of hydrogen-bond acceptors (Lipinski definition) is 8. The number of hydrogen-bond donors (Lipinski definition) is 4. The van der Waals surface area contributed by atoms with E-state index in [4.69, 9.17) is 4.74 Å². The number of rotatable bonds is 6. The third-order valence-electron chi connectivity index (χ3n) is 11.0. The molecule has 10 nitrogen and oxygen atoms in total. The molecule has 55 heavy (non-hydrogen) atoms. The highest BCUT2D eigenvalue weighted by atomic mass is 19.4. The number of fused-ring (bicyclic) bond motifs is 3. The van der Waals surface area contributed by atoms with Crippen LogP contribution in [-0.4, -0.2) is 71.1 Å². The highest BCUT2D eigenvalue weighted by molar-refractivity contribution is 5.97. The monoisotopic (exact) mass is 779 g/mol. The van der Waals surface area contributed by atoms with Gasteiger partial charge in [-0.1, -0.05) is 18.6 Å². The number of aromatic carboxylic acids is 1. The molecule has 0 amide bonds. The number of alkyl halides is 6. The number of benzene rings is 2. The van der Waals surface area contributed by atoms with Gasteiger partial charge in [-0.2, -0.15) is 26.3 Å². The molecule has 5 heterocycles. The second kappa shape index (κ2) is 14.9. The Kier molecular flexibility index (Phi) is 10.5. The Morgan fingerprint density at radius 3 is 2.33 bits per heavy atom. The maximum atomic E-state index is 15.3. The molecular weight excluding hydrogens is 739 g/mol. The fraction of sp³-hybridized carbons (Fsp3) is 0.500. The lowest BCUT2D eigenvalue weighted by atomic mass is 9.91. The number of methoxy groups -OCH3 is 1. The van der Waals surface area contributed by atoms with Crippen molar-refractivity contribution in [2.75, 3.05) is 38.2 Å². The number of nitrogens with one attached hydrogen (secondary N) is 2. The van der Waals surface area contributed by atoms with E-state index in [1.807, 2.05) is 4.90 Å². The van der Waals surface area contributed by atoms with Crippen molar-refractivity contribution in [3.05, 3.63) is 75.0 Å². The molecule has 2 aromatic carbocycles. The molecule has 4 atom stereocenters. The second-order valence-electron chi connectivity index (χ2n) is 14.6. The van der Waals surface area contributed by atoms with Crippen molar-refractivity contribution in [2.24, 2.45) is 5.92 Å². The summed E-state index contributed by atoms with van der Waals surface area (Å²) in [5.41, 5.74) is -3.87. The SMILES string of the molecule is COc1c(N2C[C@@H]3CCCN[C@@H]3C2)c(F)cc2c(=O)c(C(=O)O)cn(C3CC3)c12.OC(c1cc(C(F)(F)F)nc2c(C(F)(F)F)cccc12)C1CCCCN1. The zero-order valence-electron chi connectivity index (χ0n) is 29.7. The third kappa shape index (κ3) is 7.57. The lowest BCUT2D eigenvalue weighted by molar-refractivity contribution is -0.142. The number of nitrogens with zero attached hydrogens (tertiary/aromatic N) is 3. The summed E-state index contributed by atoms with van der Waals surface area (Å²) < 4.78 is 102. The molecule has 296 valence electrons. The Hall–Kier alpha value is -4.48. The van der Waals surface area contributed by atoms with E-state index >= 15 is 4.39 Å². The summed E-state index contributed by atoms with van der Waals surface area (Å²) in [5, 5.41) is 26.5. The molecule has 4 fully saturated rings. The van der Waals surface area contributed by atoms with Crippen LogP contribution in [0.4, 0.5) is 36.4 Å². The molecule has 1 saturated carbocycles. The molecule has 8 rings (SSSR count). The Morgan fingerprint density at radius 1 is 0.964 bits per heavy atom. The Labute approximate surface area is 310 Å². The van der Waals surface area contributed by atoms with Crippen molar-refractivity contribution in [1.29, 1.82) is 0 Å². The quantitative estimate of drug-likeness (QED) is 0.156. The van der Waals surface area contributed by atoms with Crippen LogP contribution in [0.5, 0.6) is 5.75 Å². The first kappa shape index (κ1) is 38.8. The third-order valence-corrected chi connectivity index (χ3v) is 11.0. The van der Waals surface area contributed by atoms with Crippen molar-refractivity contribution in [1.82, 2.24) is 20.2 Å². The maximum Gasteiger partial charge on any atom is 0.433 e. The van der Waals surface area contributed by atoms with Crippen molar-refractivity contribution in [2.45, 2.75) is 81.5 Å². The average molecular weight is 780 g/mol. The lowest BCUT2D eigenvalue weighted by Gasteiger charge is -2.29. The standard InChI is InChI=1S/C21H24FN3O4.C17H16F6N2O/c1-29-20-17-13(19(26)14(21(27)28)9-25(17)12-4-5-12)7-15(22)18(20)24-8-11-3-2-6-23-16(11)10-24;18-16(19,20)11-5-3-4-9-10(15(26)12-6-1-2-7-24-12)8-13(17(21,22)23)25-14(9)11/h7,9,11-12,16,23H,2-6,8,10H2,1H3,(H,27,28);3-5,8,12,15,24,26H,1-2,6-7H2/t11-,16+;/m0./s1. The molecule has 0 radical (unpaired) electrons. The predicted molar refractivity (Wildman–Crippen MR) is 189 cm³/mol. The molecule has 0 bridgehead atoms. The van der Waals surface area contributed by atoms with Gasteiger partial charge < -0.3 is 35.1 Å². The molecule has 3 saturated heterocycles. The van der Waals surface area contributed by atoms with Crippen LogP contribution in [0.1, 0.15) is 84.3 Å². The zero-order chi connectivity index (χ0) is 39.4. The average Bonchev–Trinajstić information content (AvgIpc) is 3.91. The van der Waals surface area contributed by atoms with Crippen LogP contribution in [-0.2, 0) is 12.4 Å². The molecule has 4 aromatic rings. The van der Waals surface area contributed by atoms with E-state index in [0.29, 0.717) is 60.6 Å². The van der Waals surface area contributed by atoms with Gasteiger partial charge in [0.25, 0.3) is 0 Å². The largest absolute Gasteiger partial charge is 0.492 e. The van der Waals surface area contributed by atoms with E-state index in [0.717, 1.165) is 57.7 Å². The number of aromatic nitrogens is 2. The number of carboxylic acid groups (broad SMARTS) is 1. The summed E-state index contributed by atoms with van der Waals surface area (Å²) in [7, 11) is 1.48. The number of ether oxygens (including phenoxy) is 1. The van der Waals surface area contributed by atoms with Crippen LogP contribution in [0.25, 0.3) is 21.8 Å². The minimum atomic E-state index is -4.93. The Morgan fingerprint density at radius 2 is 1.71 bits per heavy atom. The van der Waals surface area contributed by atoms with Gasteiger partial charge in [0.05, 0.1) is 35.2 Å². The molecule has 0 spiro atoms. The number of aliphatic hydroxyl groups is 1. The van der Waals surface area contributed by atoms with E-state index in [-0.39, 0.29) is 27.9 Å². The molecule has 3 aliphatic heterocycles. The van der Waals surface area contributed by atoms with Gasteiger partial charge >= 0.3 is 18.3 Å². The van der Waals surface area contributed by atoms with Crippen LogP contribution in [0, 0.1) is 11.7 Å². The molecule has 2 unspecified atom stereocenters. The normalized spacial score (nSPS) is 22.3. The minimum absolute atomic E-state index is 0.0599. The van der Waals surface area contributed by atoms with Gasteiger partial charge in [-0.3, -0.25) is 4.79 Å². The topological polar surface area (TPSA) is 129 Å². The minimum Gasteiger partial charge on any atom is -0.492 e. The first-order chi connectivity index (χ1) is 26.1. The number of piperidine rings is 2. The number of carboxylic acids is 1. The summed E-state index contributed by atoms with van der Waals surface area (Å²) in [6.45, 7) is 2.98. The van der Waals surface area contributed by atoms with E-state index in [1.165, 1.54) is 25.4 Å². The lowest BCUT2D eigenvalue weighted by Crippen LogP contribution is -2.40. The summed E-state index contributed by atoms with van der Waals surface area (Å²) in [4.78, 5) is 29.6. The molecule has 1 aliphatic carbocycles. The van der Waals surface area contributed by atoms with Crippen LogP contribution in [0.3, 0.4) is 0 Å². The maximum absolute atomic E-state index is 15.3. The van der Waals surface area contributed by atoms with Crippen LogP contribution < -0.4 is 25.7 Å². The van der Waals surface area contributed by atoms with Gasteiger partial charge in [0.15, 0.2) is 11.6 Å². The van der Waals surface area contributed by atoms with E-state index < -0.39 is 58.5 Å². The first-order valence-electron chi connectivity index (χ1n) is 18.2. The summed E-state index contributed by atoms with van der Waals surface area (Å²) in [5.74, 6) is -1.07. The van der Waals surface area contributed by atoms with Crippen molar-refractivity contribution in [3.63, 3.8) is 0 Å². The van der Waals surface area contributed by atoms with Gasteiger partial charge in [-0.15, -0.1) is 0 Å². The number of pyridine rings is 2. The Balaban J connectivity index is 0.000000170. The van der Waals surface area contributed by atoms with Crippen molar-refractivity contribution in [3.8, 4) is 5.75 Å². The van der Waals surface area contributed by atoms with Gasteiger partial charge in [0.2, 0.25) is 5.43 Å². The van der Waals surface area contributed by atoms with Gasteiger partial charge in [-0.05, 0) is 81.3 Å². The predicted octanol–water partition coefficient (Wildman–Crippen LogP) is 6.82. The number of aliphatic hydroxyl groups excluding tert-OH is 1. The number of halogens is 7. The number of carbonyl (C=O) groups is 1. The number of para-hydroxylation sites is 1. The second-order valence-corrected chi connectivity index (χ2v) is 14.6. The van der Waals surface area contributed by atoms with Crippen LogP contribution in [0.2, 0.25) is 0 Å². The molecule has 4 aliphatic rings. The van der Waals surface area contributed by atoms with E-state index in [1.54, 1.807) is 4.57 Å². The fourth-order valence-electron chi connectivity index (χ4n) is 8.21. The van der Waals surface area contributed by atoms with Crippen LogP contribution in [0.15, 0.2) is 41.3 Å². The van der Waals surface area contributed by atoms with Gasteiger partial charge in [-0.25, -0.2) is 14.2 Å².